The van der Waals surface area contributed by atoms with Gasteiger partial charge in [-0.3, -0.25) is 14.3 Å². The molecule has 0 spiro atoms. The molecule has 1 aliphatic heterocycles. The largest absolute Gasteiger partial charge is 0.497 e. The van der Waals surface area contributed by atoms with Gasteiger partial charge >= 0.3 is 5.97 Å². The summed E-state index contributed by atoms with van der Waals surface area (Å²) >= 11 is 0. The first-order chi connectivity index (χ1) is 16.8. The lowest BCUT2D eigenvalue weighted by Gasteiger charge is -2.27. The Morgan fingerprint density at radius 3 is 2.77 bits per heavy atom. The fourth-order valence-corrected chi connectivity index (χ4v) is 4.24. The number of allylic oxidation sites excluding steroid dienone is 1. The van der Waals surface area contributed by atoms with Crippen molar-refractivity contribution < 1.29 is 29.3 Å². The van der Waals surface area contributed by atoms with E-state index in [0.717, 1.165) is 5.69 Å². The molecule has 1 aromatic heterocycles. The average Bonchev–Trinajstić information content (AvgIpc) is 3.40. The summed E-state index contributed by atoms with van der Waals surface area (Å²) < 4.78 is 11.7. The number of carbonyl (C=O) groups is 2. The van der Waals surface area contributed by atoms with Crippen molar-refractivity contribution in [3.8, 4) is 5.75 Å². The lowest BCUT2D eigenvalue weighted by Crippen LogP contribution is -2.44. The summed E-state index contributed by atoms with van der Waals surface area (Å²) in [7, 11) is 2.90. The zero-order valence-corrected chi connectivity index (χ0v) is 20.5. The molecule has 0 radical (unpaired) electrons. The number of hydrogen-bond acceptors (Lipinski definition) is 8. The molecule has 1 aliphatic rings. The van der Waals surface area contributed by atoms with E-state index in [1.54, 1.807) is 41.1 Å². The van der Waals surface area contributed by atoms with Crippen molar-refractivity contribution in [2.24, 2.45) is 5.92 Å². The van der Waals surface area contributed by atoms with Gasteiger partial charge in [-0.25, -0.2) is 0 Å². The summed E-state index contributed by atoms with van der Waals surface area (Å²) in [4.78, 5) is 26.5. The number of fused-ring (bicyclic) bond motifs is 1. The Labute approximate surface area is 205 Å². The van der Waals surface area contributed by atoms with Gasteiger partial charge in [0.05, 0.1) is 25.6 Å². The molecule has 0 unspecified atom stereocenters. The van der Waals surface area contributed by atoms with E-state index < -0.39 is 11.5 Å². The number of benzene rings is 1. The maximum Gasteiger partial charge on any atom is 0.305 e. The highest BCUT2D eigenvalue weighted by Gasteiger charge is 2.52. The number of carbonyl (C=O) groups excluding carboxylic acids is 2. The van der Waals surface area contributed by atoms with Crippen molar-refractivity contribution in [2.45, 2.75) is 51.2 Å². The SMILES string of the molecule is COC(=O)CCCCN1C(=O)[C@](O)([C@H](C)/C=C/CCn2cc(CCO)nn2)c2cc(OC)ccc21. The topological polar surface area (TPSA) is 127 Å². The van der Waals surface area contributed by atoms with Gasteiger partial charge in [-0.1, -0.05) is 24.3 Å². The Bertz CT molecular complexity index is 1050. The van der Waals surface area contributed by atoms with Crippen molar-refractivity contribution in [3.05, 3.63) is 47.8 Å². The van der Waals surface area contributed by atoms with E-state index in [1.807, 2.05) is 19.1 Å². The van der Waals surface area contributed by atoms with Crippen LogP contribution in [0.1, 0.15) is 43.9 Å². The van der Waals surface area contributed by atoms with E-state index in [0.29, 0.717) is 55.8 Å². The fraction of sp³-hybridized carbons (Fsp3) is 0.520. The summed E-state index contributed by atoms with van der Waals surface area (Å²) in [5.41, 5.74) is 0.157. The van der Waals surface area contributed by atoms with Crippen LogP contribution in [0.15, 0.2) is 36.5 Å². The van der Waals surface area contributed by atoms with Crippen molar-refractivity contribution in [1.29, 1.82) is 0 Å². The second-order valence-corrected chi connectivity index (χ2v) is 8.59. The smallest absolute Gasteiger partial charge is 0.305 e. The minimum Gasteiger partial charge on any atom is -0.497 e. The molecule has 0 bridgehead atoms. The zero-order valence-electron chi connectivity index (χ0n) is 20.5. The molecule has 0 aliphatic carbocycles. The van der Waals surface area contributed by atoms with Crippen LogP contribution >= 0.6 is 0 Å². The van der Waals surface area contributed by atoms with Crippen LogP contribution in [0.3, 0.4) is 0 Å². The number of aromatic nitrogens is 3. The molecule has 0 saturated carbocycles. The van der Waals surface area contributed by atoms with Gasteiger partial charge in [0.2, 0.25) is 0 Å². The number of ether oxygens (including phenoxy) is 2. The summed E-state index contributed by atoms with van der Waals surface area (Å²) in [5.74, 6) is -0.611. The number of aliphatic hydroxyl groups excluding tert-OH is 1. The van der Waals surface area contributed by atoms with Crippen LogP contribution in [-0.4, -0.2) is 64.5 Å². The van der Waals surface area contributed by atoms with Crippen LogP contribution in [0.4, 0.5) is 5.69 Å². The monoisotopic (exact) mass is 486 g/mol. The van der Waals surface area contributed by atoms with Gasteiger partial charge in [-0.2, -0.15) is 0 Å². The van der Waals surface area contributed by atoms with Gasteiger partial charge < -0.3 is 24.6 Å². The number of esters is 1. The number of anilines is 1. The van der Waals surface area contributed by atoms with Gasteiger partial charge in [0.25, 0.3) is 5.91 Å². The number of aryl methyl sites for hydroxylation is 1. The van der Waals surface area contributed by atoms with Crippen LogP contribution in [0, 0.1) is 5.92 Å². The molecule has 3 rings (SSSR count). The van der Waals surface area contributed by atoms with Gasteiger partial charge in [0, 0.05) is 50.2 Å². The maximum atomic E-state index is 13.5. The van der Waals surface area contributed by atoms with E-state index in [9.17, 15) is 14.7 Å². The summed E-state index contributed by atoms with van der Waals surface area (Å²) in [6, 6.07) is 5.27. The van der Waals surface area contributed by atoms with Crippen LogP contribution in [0.5, 0.6) is 5.75 Å². The minimum atomic E-state index is -1.73. The van der Waals surface area contributed by atoms with Crippen molar-refractivity contribution in [3.63, 3.8) is 0 Å². The van der Waals surface area contributed by atoms with E-state index in [4.69, 9.17) is 9.84 Å². The molecule has 2 atom stereocenters. The molecule has 2 heterocycles. The first kappa shape index (κ1) is 26.4. The quantitative estimate of drug-likeness (QED) is 0.250. The summed E-state index contributed by atoms with van der Waals surface area (Å²) in [6.45, 7) is 2.81. The van der Waals surface area contributed by atoms with E-state index in [-0.39, 0.29) is 24.9 Å². The second-order valence-electron chi connectivity index (χ2n) is 8.59. The standard InChI is InChI=1S/C25H34N4O6/c1-18(8-4-6-13-28-17-19(12-15-30)26-27-28)25(33)21-16-20(34-2)10-11-22(21)29(24(25)32)14-7-5-9-23(31)35-3/h4,8,10-11,16-18,30,33H,5-7,9,12-15H2,1-3H3/b8-4+/t18-,25+/m1/s1. The number of aliphatic hydroxyl groups is 2. The molecule has 2 aromatic rings. The zero-order chi connectivity index (χ0) is 25.4. The minimum absolute atomic E-state index is 0.0251. The third-order valence-corrected chi connectivity index (χ3v) is 6.28. The first-order valence-corrected chi connectivity index (χ1v) is 11.8. The van der Waals surface area contributed by atoms with Crippen LogP contribution in [0.25, 0.3) is 0 Å². The lowest BCUT2D eigenvalue weighted by atomic mass is 9.83. The summed E-state index contributed by atoms with van der Waals surface area (Å²) in [6.07, 6.45) is 8.12. The van der Waals surface area contributed by atoms with Gasteiger partial charge in [0.15, 0.2) is 5.60 Å². The summed E-state index contributed by atoms with van der Waals surface area (Å²) in [5, 5.41) is 28.7. The lowest BCUT2D eigenvalue weighted by molar-refractivity contribution is -0.140. The maximum absolute atomic E-state index is 13.5. The molecule has 0 fully saturated rings. The molecule has 35 heavy (non-hydrogen) atoms. The van der Waals surface area contributed by atoms with E-state index in [1.165, 1.54) is 7.11 Å². The van der Waals surface area contributed by atoms with Crippen LogP contribution in [0.2, 0.25) is 0 Å². The third kappa shape index (κ3) is 5.88. The van der Waals surface area contributed by atoms with E-state index >= 15 is 0 Å². The molecule has 10 nitrogen and oxygen atoms in total. The number of amides is 1. The predicted molar refractivity (Wildman–Crippen MR) is 129 cm³/mol. The third-order valence-electron chi connectivity index (χ3n) is 6.28. The fourth-order valence-electron chi connectivity index (χ4n) is 4.24. The molecule has 1 aromatic carbocycles. The average molecular weight is 487 g/mol. The number of methoxy groups -OCH3 is 2. The highest BCUT2D eigenvalue weighted by atomic mass is 16.5. The molecule has 190 valence electrons. The Kier molecular flexibility index (Phi) is 9.00. The first-order valence-electron chi connectivity index (χ1n) is 11.8. The molecule has 2 N–H and O–H groups in total. The molecule has 0 saturated heterocycles. The highest BCUT2D eigenvalue weighted by Crippen LogP contribution is 2.46. The number of nitrogens with zero attached hydrogens (tertiary/aromatic N) is 4. The second kappa shape index (κ2) is 11.9. The van der Waals surface area contributed by atoms with Gasteiger partial charge in [-0.15, -0.1) is 5.10 Å². The van der Waals surface area contributed by atoms with E-state index in [2.05, 4.69) is 15.0 Å². The Balaban J connectivity index is 1.71. The molecule has 10 heteroatoms. The number of rotatable bonds is 13. The Hall–Kier alpha value is -3.24. The van der Waals surface area contributed by atoms with Crippen molar-refractivity contribution >= 4 is 17.6 Å². The normalized spacial score (nSPS) is 18.2. The van der Waals surface area contributed by atoms with Gasteiger partial charge in [0.1, 0.15) is 5.75 Å². The highest BCUT2D eigenvalue weighted by molar-refractivity contribution is 6.07. The van der Waals surface area contributed by atoms with Gasteiger partial charge in [-0.05, 0) is 37.5 Å². The number of hydrogen-bond donors (Lipinski definition) is 2. The van der Waals surface area contributed by atoms with Crippen molar-refractivity contribution in [1.82, 2.24) is 15.0 Å². The predicted octanol–water partition coefficient (Wildman–Crippen LogP) is 1.98. The molecule has 1 amide bonds. The van der Waals surface area contributed by atoms with Crippen LogP contribution in [-0.2, 0) is 32.9 Å². The Morgan fingerprint density at radius 1 is 1.26 bits per heavy atom. The van der Waals surface area contributed by atoms with Crippen molar-refractivity contribution in [2.75, 3.05) is 32.3 Å². The number of unbranched alkanes of at least 4 members (excludes halogenated alkanes) is 1. The van der Waals surface area contributed by atoms with Crippen LogP contribution < -0.4 is 9.64 Å². The molecular weight excluding hydrogens is 452 g/mol. The Morgan fingerprint density at radius 2 is 2.06 bits per heavy atom. The molecular formula is C25H34N4O6.